The predicted octanol–water partition coefficient (Wildman–Crippen LogP) is 0.817. The van der Waals surface area contributed by atoms with Crippen LogP contribution in [-0.2, 0) is 9.31 Å². The second-order valence-corrected chi connectivity index (χ2v) is 6.96. The lowest BCUT2D eigenvalue weighted by atomic mass is 9.78. The third kappa shape index (κ3) is 2.72. The van der Waals surface area contributed by atoms with Gasteiger partial charge < -0.3 is 15.0 Å². The van der Waals surface area contributed by atoms with Gasteiger partial charge in [0.2, 0.25) is 0 Å². The van der Waals surface area contributed by atoms with E-state index in [9.17, 15) is 4.79 Å². The zero-order valence-corrected chi connectivity index (χ0v) is 14.5. The van der Waals surface area contributed by atoms with Gasteiger partial charge in [-0.15, -0.1) is 0 Å². The molecule has 2 aromatic heterocycles. The second kappa shape index (κ2) is 5.42. The summed E-state index contributed by atoms with van der Waals surface area (Å²) >= 11 is 0. The number of hydrogen-bond donors (Lipinski definition) is 1. The van der Waals surface area contributed by atoms with E-state index in [0.29, 0.717) is 5.69 Å². The van der Waals surface area contributed by atoms with Crippen LogP contribution in [0.1, 0.15) is 33.4 Å². The minimum Gasteiger partial charge on any atom is -0.399 e. The topological polar surface area (TPSA) is 92.3 Å². The lowest BCUT2D eigenvalue weighted by Crippen LogP contribution is -2.41. The zero-order valence-electron chi connectivity index (χ0n) is 14.5. The van der Waals surface area contributed by atoms with E-state index in [1.165, 1.54) is 4.57 Å². The van der Waals surface area contributed by atoms with E-state index >= 15 is 0 Å². The average molecular weight is 328 g/mol. The normalized spacial score (nSPS) is 18.8. The third-order valence-corrected chi connectivity index (χ3v) is 4.72. The highest BCUT2D eigenvalue weighted by Crippen LogP contribution is 2.36. The monoisotopic (exact) mass is 328 g/mol. The Labute approximate surface area is 141 Å². The third-order valence-electron chi connectivity index (χ3n) is 4.72. The standard InChI is InChI=1S/C16H21BN4O3/c1-10-12(17-23-15(2,3)16(4,5)24-17)8-11(9-19-10)21-7-6-13(18)20-14(21)22/h6-9H,1-5H3,(H2,18,20,22). The molecule has 0 atom stereocenters. The van der Waals surface area contributed by atoms with Crippen LogP contribution in [0.25, 0.3) is 5.69 Å². The Hall–Kier alpha value is -2.19. The maximum absolute atomic E-state index is 12.0. The van der Waals surface area contributed by atoms with Crippen LogP contribution in [0, 0.1) is 6.92 Å². The zero-order chi connectivity index (χ0) is 17.7. The summed E-state index contributed by atoms with van der Waals surface area (Å²) in [5.41, 5.74) is 6.35. The number of nitrogens with two attached hydrogens (primary N) is 1. The van der Waals surface area contributed by atoms with E-state index in [-0.39, 0.29) is 5.82 Å². The van der Waals surface area contributed by atoms with Gasteiger partial charge >= 0.3 is 12.8 Å². The summed E-state index contributed by atoms with van der Waals surface area (Å²) in [5, 5.41) is 0. The number of nitrogens with zero attached hydrogens (tertiary/aromatic N) is 3. The molecular formula is C16H21BN4O3. The molecule has 8 heteroatoms. The summed E-state index contributed by atoms with van der Waals surface area (Å²) in [5.74, 6) is 0.183. The van der Waals surface area contributed by atoms with Crippen molar-refractivity contribution >= 4 is 18.4 Å². The van der Waals surface area contributed by atoms with Gasteiger partial charge in [0.1, 0.15) is 5.82 Å². The van der Waals surface area contributed by atoms with Gasteiger partial charge in [-0.1, -0.05) is 0 Å². The summed E-state index contributed by atoms with van der Waals surface area (Å²) in [4.78, 5) is 20.2. The van der Waals surface area contributed by atoms with E-state index in [2.05, 4.69) is 9.97 Å². The highest BCUT2D eigenvalue weighted by atomic mass is 16.7. The number of pyridine rings is 1. The Morgan fingerprint density at radius 1 is 1.21 bits per heavy atom. The van der Waals surface area contributed by atoms with Crippen LogP contribution in [0.5, 0.6) is 0 Å². The Morgan fingerprint density at radius 3 is 2.42 bits per heavy atom. The lowest BCUT2D eigenvalue weighted by molar-refractivity contribution is 0.00578. The number of aromatic nitrogens is 3. The molecule has 0 aliphatic carbocycles. The highest BCUT2D eigenvalue weighted by Gasteiger charge is 2.52. The molecule has 0 amide bonds. The van der Waals surface area contributed by atoms with Crippen LogP contribution >= 0.6 is 0 Å². The van der Waals surface area contributed by atoms with Crippen molar-refractivity contribution in [2.45, 2.75) is 45.8 Å². The van der Waals surface area contributed by atoms with Gasteiger partial charge in [-0.05, 0) is 46.8 Å². The molecular weight excluding hydrogens is 307 g/mol. The Kier molecular flexibility index (Phi) is 3.77. The SMILES string of the molecule is Cc1ncc(-n2ccc(N)nc2=O)cc1B1OC(C)(C)C(C)(C)O1. The molecule has 2 aromatic rings. The molecule has 0 saturated carbocycles. The molecule has 1 aliphatic heterocycles. The van der Waals surface area contributed by atoms with Crippen LogP contribution < -0.4 is 16.9 Å². The Morgan fingerprint density at radius 2 is 1.83 bits per heavy atom. The molecule has 3 heterocycles. The summed E-state index contributed by atoms with van der Waals surface area (Å²) in [6.07, 6.45) is 3.19. The maximum atomic E-state index is 12.0. The summed E-state index contributed by atoms with van der Waals surface area (Å²) in [6.45, 7) is 9.86. The Bertz CT molecular complexity index is 831. The van der Waals surface area contributed by atoms with Gasteiger partial charge in [0.05, 0.1) is 23.1 Å². The van der Waals surface area contributed by atoms with Gasteiger partial charge in [0, 0.05) is 17.4 Å². The van der Waals surface area contributed by atoms with E-state index < -0.39 is 24.0 Å². The van der Waals surface area contributed by atoms with E-state index in [1.54, 1.807) is 18.5 Å². The molecule has 1 fully saturated rings. The molecule has 1 aliphatic rings. The second-order valence-electron chi connectivity index (χ2n) is 6.96. The first-order chi connectivity index (χ1) is 11.1. The van der Waals surface area contributed by atoms with E-state index in [0.717, 1.165) is 11.2 Å². The van der Waals surface area contributed by atoms with Crippen molar-refractivity contribution in [3.8, 4) is 5.69 Å². The fourth-order valence-electron chi connectivity index (χ4n) is 2.49. The fourth-order valence-corrected chi connectivity index (χ4v) is 2.49. The first kappa shape index (κ1) is 16.7. The predicted molar refractivity (Wildman–Crippen MR) is 92.5 cm³/mol. The van der Waals surface area contributed by atoms with Crippen molar-refractivity contribution in [1.82, 2.24) is 14.5 Å². The molecule has 24 heavy (non-hydrogen) atoms. The number of nitrogen functional groups attached to an aromatic ring is 1. The largest absolute Gasteiger partial charge is 0.496 e. The number of hydrogen-bond acceptors (Lipinski definition) is 6. The van der Waals surface area contributed by atoms with Crippen molar-refractivity contribution in [2.24, 2.45) is 0 Å². The molecule has 0 radical (unpaired) electrons. The maximum Gasteiger partial charge on any atom is 0.496 e. The molecule has 126 valence electrons. The van der Waals surface area contributed by atoms with Crippen LogP contribution in [-0.4, -0.2) is 32.9 Å². The Balaban J connectivity index is 2.04. The molecule has 0 aromatic carbocycles. The highest BCUT2D eigenvalue weighted by molar-refractivity contribution is 6.62. The minimum absolute atomic E-state index is 0.183. The van der Waals surface area contributed by atoms with Gasteiger partial charge in [0.15, 0.2) is 0 Å². The first-order valence-electron chi connectivity index (χ1n) is 7.78. The van der Waals surface area contributed by atoms with Gasteiger partial charge in [0.25, 0.3) is 0 Å². The van der Waals surface area contributed by atoms with Crippen molar-refractivity contribution < 1.29 is 9.31 Å². The number of aryl methyl sites for hydroxylation is 1. The van der Waals surface area contributed by atoms with E-state index in [1.807, 2.05) is 40.7 Å². The molecule has 7 nitrogen and oxygen atoms in total. The molecule has 3 rings (SSSR count). The molecule has 2 N–H and O–H groups in total. The van der Waals surface area contributed by atoms with Gasteiger partial charge in [-0.3, -0.25) is 9.55 Å². The van der Waals surface area contributed by atoms with Crippen molar-refractivity contribution in [3.05, 3.63) is 40.7 Å². The van der Waals surface area contributed by atoms with Crippen molar-refractivity contribution in [2.75, 3.05) is 5.73 Å². The first-order valence-corrected chi connectivity index (χ1v) is 7.78. The summed E-state index contributed by atoms with van der Waals surface area (Å²) < 4.78 is 13.6. The fraction of sp³-hybridized carbons (Fsp3) is 0.438. The number of anilines is 1. The molecule has 1 saturated heterocycles. The summed E-state index contributed by atoms with van der Waals surface area (Å²) in [6, 6.07) is 3.40. The van der Waals surface area contributed by atoms with Crippen molar-refractivity contribution in [1.29, 1.82) is 0 Å². The minimum atomic E-state index is -0.542. The molecule has 0 spiro atoms. The van der Waals surface area contributed by atoms with Crippen LogP contribution in [0.4, 0.5) is 5.82 Å². The van der Waals surface area contributed by atoms with E-state index in [4.69, 9.17) is 15.0 Å². The lowest BCUT2D eigenvalue weighted by Gasteiger charge is -2.32. The molecule has 0 unspecified atom stereocenters. The van der Waals surface area contributed by atoms with Crippen LogP contribution in [0.15, 0.2) is 29.3 Å². The quantitative estimate of drug-likeness (QED) is 0.821. The van der Waals surface area contributed by atoms with Gasteiger partial charge in [-0.2, -0.15) is 4.98 Å². The van der Waals surface area contributed by atoms with Crippen LogP contribution in [0.3, 0.4) is 0 Å². The smallest absolute Gasteiger partial charge is 0.399 e. The number of rotatable bonds is 2. The average Bonchev–Trinajstić information content (AvgIpc) is 2.68. The van der Waals surface area contributed by atoms with Crippen LogP contribution in [0.2, 0.25) is 0 Å². The summed E-state index contributed by atoms with van der Waals surface area (Å²) in [7, 11) is -0.542. The van der Waals surface area contributed by atoms with Gasteiger partial charge in [-0.25, -0.2) is 4.79 Å². The van der Waals surface area contributed by atoms with Crippen molar-refractivity contribution in [3.63, 3.8) is 0 Å². The molecule has 0 bridgehead atoms.